The molecule has 188 valence electrons. The highest BCUT2D eigenvalue weighted by Crippen LogP contribution is 2.26. The Bertz CT molecular complexity index is 1030. The predicted octanol–water partition coefficient (Wildman–Crippen LogP) is 7.90. The molecule has 0 aliphatic rings. The van der Waals surface area contributed by atoms with E-state index < -0.39 is 0 Å². The molecule has 4 nitrogen and oxygen atoms in total. The van der Waals surface area contributed by atoms with Crippen molar-refractivity contribution in [3.8, 4) is 12.8 Å². The van der Waals surface area contributed by atoms with Crippen LogP contribution in [0.1, 0.15) is 47.1 Å². The molecule has 2 aromatic carbocycles. The second-order valence-electron chi connectivity index (χ2n) is 9.17. The van der Waals surface area contributed by atoms with Gasteiger partial charge < -0.3 is 10.2 Å². The van der Waals surface area contributed by atoms with Crippen LogP contribution in [0.2, 0.25) is 5.02 Å². The summed E-state index contributed by atoms with van der Waals surface area (Å²) in [7, 11) is 4.03. The standard InChI is InChI=1S/C28H38ClN3O.C2H2/c1-9-26(20(4)5)27(21(6)19(2)3)30-28(33)32(25-16-12-23(29)13-17-25)18-22-10-14-24(15-11-22)31(7)8;1-2/h9-17,19-20H,18H2,1-8H3,(H,30,33);1-2H/b26-9-,27-21-;. The molecule has 5 heteroatoms. The van der Waals surface area contributed by atoms with Crippen LogP contribution in [-0.4, -0.2) is 20.1 Å². The number of anilines is 2. The van der Waals surface area contributed by atoms with Gasteiger partial charge in [0.25, 0.3) is 0 Å². The summed E-state index contributed by atoms with van der Waals surface area (Å²) in [6.45, 7) is 13.2. The van der Waals surface area contributed by atoms with Crippen LogP contribution < -0.4 is 15.1 Å². The molecule has 0 aliphatic heterocycles. The van der Waals surface area contributed by atoms with Crippen LogP contribution in [-0.2, 0) is 6.54 Å². The first-order valence-electron chi connectivity index (χ1n) is 11.9. The molecule has 0 saturated heterocycles. The molecule has 2 aromatic rings. The zero-order chi connectivity index (χ0) is 26.7. The zero-order valence-corrected chi connectivity index (χ0v) is 23.1. The Morgan fingerprint density at radius 1 is 0.943 bits per heavy atom. The van der Waals surface area contributed by atoms with E-state index in [0.717, 1.165) is 33.8 Å². The lowest BCUT2D eigenvalue weighted by atomic mass is 9.92. The lowest BCUT2D eigenvalue weighted by Gasteiger charge is -2.27. The number of amides is 2. The monoisotopic (exact) mass is 493 g/mol. The highest BCUT2D eigenvalue weighted by molar-refractivity contribution is 6.30. The fourth-order valence-corrected chi connectivity index (χ4v) is 3.74. The van der Waals surface area contributed by atoms with Gasteiger partial charge in [-0.15, -0.1) is 12.8 Å². The Morgan fingerprint density at radius 3 is 1.89 bits per heavy atom. The van der Waals surface area contributed by atoms with E-state index in [0.29, 0.717) is 23.4 Å². The van der Waals surface area contributed by atoms with E-state index in [-0.39, 0.29) is 6.03 Å². The van der Waals surface area contributed by atoms with Gasteiger partial charge in [0.05, 0.1) is 6.54 Å². The maximum atomic E-state index is 13.7. The number of urea groups is 1. The Labute approximate surface area is 217 Å². The van der Waals surface area contributed by atoms with Gasteiger partial charge in [0.15, 0.2) is 0 Å². The average Bonchev–Trinajstić information content (AvgIpc) is 2.83. The number of nitrogens with zero attached hydrogens (tertiary/aromatic N) is 2. The van der Waals surface area contributed by atoms with Gasteiger partial charge in [-0.2, -0.15) is 0 Å². The molecule has 0 spiro atoms. The van der Waals surface area contributed by atoms with E-state index in [2.05, 4.69) is 88.0 Å². The molecular weight excluding hydrogens is 454 g/mol. The first kappa shape index (κ1) is 29.9. The number of allylic oxidation sites excluding steroid dienone is 3. The third-order valence-electron chi connectivity index (χ3n) is 5.89. The largest absolute Gasteiger partial charge is 0.378 e. The van der Waals surface area contributed by atoms with Crippen molar-refractivity contribution in [2.75, 3.05) is 23.9 Å². The van der Waals surface area contributed by atoms with Gasteiger partial charge in [0.1, 0.15) is 0 Å². The van der Waals surface area contributed by atoms with Crippen molar-refractivity contribution in [1.82, 2.24) is 5.32 Å². The Balaban J connectivity index is 0.00000298. The summed E-state index contributed by atoms with van der Waals surface area (Å²) < 4.78 is 0. The van der Waals surface area contributed by atoms with Gasteiger partial charge >= 0.3 is 6.03 Å². The number of hydrogen-bond acceptors (Lipinski definition) is 2. The summed E-state index contributed by atoms with van der Waals surface area (Å²) >= 11 is 6.12. The SMILES string of the molecule is C#C.C/C=C(\C(NC(=O)N(Cc1ccc(N(C)C)cc1)c1ccc(Cl)cc1)=C(/C)C(C)C)C(C)C. The van der Waals surface area contributed by atoms with Gasteiger partial charge in [-0.25, -0.2) is 4.79 Å². The molecular formula is C30H40ClN3O. The summed E-state index contributed by atoms with van der Waals surface area (Å²) in [5.74, 6) is 0.609. The van der Waals surface area contributed by atoms with Crippen LogP contribution in [0.5, 0.6) is 0 Å². The van der Waals surface area contributed by atoms with Crippen molar-refractivity contribution in [2.45, 2.75) is 48.1 Å². The molecule has 0 saturated carbocycles. The first-order valence-corrected chi connectivity index (χ1v) is 12.2. The molecule has 0 radical (unpaired) electrons. The van der Waals surface area contributed by atoms with Crippen molar-refractivity contribution in [1.29, 1.82) is 0 Å². The normalized spacial score (nSPS) is 12.0. The summed E-state index contributed by atoms with van der Waals surface area (Å²) in [6, 6.07) is 15.5. The highest BCUT2D eigenvalue weighted by atomic mass is 35.5. The van der Waals surface area contributed by atoms with Crippen LogP contribution in [0.15, 0.2) is 71.5 Å². The third kappa shape index (κ3) is 8.53. The second kappa shape index (κ2) is 14.3. The minimum absolute atomic E-state index is 0.163. The van der Waals surface area contributed by atoms with E-state index in [1.165, 1.54) is 0 Å². The fraction of sp³-hybridized carbons (Fsp3) is 0.367. The lowest BCUT2D eigenvalue weighted by Crippen LogP contribution is -2.40. The maximum Gasteiger partial charge on any atom is 0.326 e. The molecule has 35 heavy (non-hydrogen) atoms. The summed E-state index contributed by atoms with van der Waals surface area (Å²) in [5.41, 5.74) is 6.18. The molecule has 0 unspecified atom stereocenters. The van der Waals surface area contributed by atoms with Gasteiger partial charge in [0.2, 0.25) is 0 Å². The molecule has 0 heterocycles. The number of halogens is 1. The molecule has 2 amide bonds. The minimum Gasteiger partial charge on any atom is -0.378 e. The molecule has 0 aliphatic carbocycles. The Hall–Kier alpha value is -3.16. The van der Waals surface area contributed by atoms with E-state index in [4.69, 9.17) is 11.6 Å². The van der Waals surface area contributed by atoms with Crippen molar-refractivity contribution in [3.05, 3.63) is 82.0 Å². The minimum atomic E-state index is -0.163. The number of nitrogens with one attached hydrogen (secondary N) is 1. The summed E-state index contributed by atoms with van der Waals surface area (Å²) in [5, 5.41) is 3.89. The van der Waals surface area contributed by atoms with Gasteiger partial charge in [-0.3, -0.25) is 4.90 Å². The molecule has 2 rings (SSSR count). The topological polar surface area (TPSA) is 35.6 Å². The first-order chi connectivity index (χ1) is 16.5. The van der Waals surface area contributed by atoms with Crippen molar-refractivity contribution >= 4 is 29.0 Å². The quantitative estimate of drug-likeness (QED) is 0.299. The highest BCUT2D eigenvalue weighted by Gasteiger charge is 2.22. The molecule has 0 atom stereocenters. The van der Waals surface area contributed by atoms with Crippen LogP contribution in [0, 0.1) is 24.7 Å². The fourth-order valence-electron chi connectivity index (χ4n) is 3.61. The number of hydrogen-bond donors (Lipinski definition) is 1. The number of carbonyl (C=O) groups excluding carboxylic acids is 1. The van der Waals surface area contributed by atoms with Crippen LogP contribution in [0.3, 0.4) is 0 Å². The van der Waals surface area contributed by atoms with Gasteiger partial charge in [0, 0.05) is 36.2 Å². The number of carbonyl (C=O) groups is 1. The summed E-state index contributed by atoms with van der Waals surface area (Å²) in [4.78, 5) is 17.5. The molecule has 0 bridgehead atoms. The molecule has 1 N–H and O–H groups in total. The molecule has 0 fully saturated rings. The predicted molar refractivity (Wildman–Crippen MR) is 153 cm³/mol. The average molecular weight is 494 g/mol. The van der Waals surface area contributed by atoms with Crippen molar-refractivity contribution in [3.63, 3.8) is 0 Å². The van der Waals surface area contributed by atoms with E-state index in [9.17, 15) is 4.79 Å². The second-order valence-corrected chi connectivity index (χ2v) is 9.60. The summed E-state index contributed by atoms with van der Waals surface area (Å²) in [6.07, 6.45) is 10.1. The number of terminal acetylenes is 1. The van der Waals surface area contributed by atoms with Crippen molar-refractivity contribution < 1.29 is 4.79 Å². The van der Waals surface area contributed by atoms with Gasteiger partial charge in [-0.1, -0.05) is 57.5 Å². The zero-order valence-electron chi connectivity index (χ0n) is 22.4. The third-order valence-corrected chi connectivity index (χ3v) is 6.14. The van der Waals surface area contributed by atoms with Crippen LogP contribution in [0.4, 0.5) is 16.2 Å². The van der Waals surface area contributed by atoms with Crippen molar-refractivity contribution in [2.24, 2.45) is 11.8 Å². The van der Waals surface area contributed by atoms with Gasteiger partial charge in [-0.05, 0) is 78.8 Å². The number of rotatable bonds is 8. The maximum absolute atomic E-state index is 13.7. The number of benzene rings is 2. The van der Waals surface area contributed by atoms with E-state index in [1.807, 2.05) is 45.3 Å². The van der Waals surface area contributed by atoms with E-state index >= 15 is 0 Å². The lowest BCUT2D eigenvalue weighted by molar-refractivity contribution is 0.248. The smallest absolute Gasteiger partial charge is 0.326 e. The Kier molecular flexibility index (Phi) is 12.2. The van der Waals surface area contributed by atoms with E-state index in [1.54, 1.807) is 4.90 Å². The Morgan fingerprint density at radius 2 is 1.46 bits per heavy atom. The van der Waals surface area contributed by atoms with Crippen LogP contribution >= 0.6 is 11.6 Å². The molecule has 0 aromatic heterocycles. The van der Waals surface area contributed by atoms with Crippen LogP contribution in [0.25, 0.3) is 0 Å².